The summed E-state index contributed by atoms with van der Waals surface area (Å²) in [5.41, 5.74) is 16.8. The first-order chi connectivity index (χ1) is 25.3. The molecule has 0 N–H and O–H groups in total. The molecule has 0 fully saturated rings. The van der Waals surface area contributed by atoms with Crippen molar-refractivity contribution in [3.8, 4) is 39.1 Å². The van der Waals surface area contributed by atoms with E-state index in [2.05, 4.69) is 180 Å². The first-order valence-corrected chi connectivity index (χ1v) is 18.5. The molecule has 236 valence electrons. The summed E-state index contributed by atoms with van der Waals surface area (Å²) in [5, 5.41) is 5.24. The van der Waals surface area contributed by atoms with Crippen LogP contribution in [0.15, 0.2) is 176 Å². The molecule has 2 aromatic heterocycles. The maximum absolute atomic E-state index is 2.55. The summed E-state index contributed by atoms with van der Waals surface area (Å²) in [7, 11) is 0. The minimum Gasteiger partial charge on any atom is -0.309 e. The van der Waals surface area contributed by atoms with Gasteiger partial charge in [0.1, 0.15) is 0 Å². The van der Waals surface area contributed by atoms with Gasteiger partial charge in [0.05, 0.1) is 16.4 Å². The average Bonchev–Trinajstić information content (AvgIpc) is 3.91. The van der Waals surface area contributed by atoms with Crippen LogP contribution in [0.1, 0.15) is 22.3 Å². The van der Waals surface area contributed by atoms with Crippen molar-refractivity contribution in [2.75, 3.05) is 0 Å². The lowest BCUT2D eigenvalue weighted by Gasteiger charge is -2.30. The Morgan fingerprint density at radius 1 is 0.373 bits per heavy atom. The Morgan fingerprint density at radius 3 is 1.67 bits per heavy atom. The molecule has 0 unspecified atom stereocenters. The maximum Gasteiger partial charge on any atom is 0.0725 e. The minimum atomic E-state index is -0.343. The van der Waals surface area contributed by atoms with E-state index in [0.717, 1.165) is 0 Å². The Labute approximate surface area is 299 Å². The minimum absolute atomic E-state index is 0.343. The molecular weight excluding hydrogens is 635 g/mol. The summed E-state index contributed by atoms with van der Waals surface area (Å²) in [6, 6.07) is 65.7. The van der Waals surface area contributed by atoms with E-state index in [4.69, 9.17) is 0 Å². The lowest BCUT2D eigenvalue weighted by Crippen LogP contribution is -2.25. The van der Waals surface area contributed by atoms with Gasteiger partial charge in [-0.3, -0.25) is 0 Å². The van der Waals surface area contributed by atoms with Crippen LogP contribution >= 0.6 is 11.3 Å². The topological polar surface area (TPSA) is 4.93 Å². The van der Waals surface area contributed by atoms with Crippen LogP contribution in [0, 0.1) is 0 Å². The van der Waals surface area contributed by atoms with Crippen LogP contribution < -0.4 is 0 Å². The first-order valence-electron chi connectivity index (χ1n) is 17.7. The van der Waals surface area contributed by atoms with Crippen LogP contribution in [0.2, 0.25) is 0 Å². The molecule has 0 saturated carbocycles. The molecule has 12 rings (SSSR count). The molecule has 1 nitrogen and oxygen atoms in total. The van der Waals surface area contributed by atoms with Gasteiger partial charge in [0.2, 0.25) is 0 Å². The van der Waals surface area contributed by atoms with E-state index >= 15 is 0 Å². The summed E-state index contributed by atoms with van der Waals surface area (Å²) < 4.78 is 5.09. The van der Waals surface area contributed by atoms with Gasteiger partial charge in [0, 0.05) is 42.2 Å². The summed E-state index contributed by atoms with van der Waals surface area (Å²) in [5.74, 6) is 0. The highest BCUT2D eigenvalue weighted by atomic mass is 32.1. The van der Waals surface area contributed by atoms with Crippen molar-refractivity contribution in [1.29, 1.82) is 0 Å². The molecule has 0 radical (unpaired) electrons. The SMILES string of the molecule is c1ccc(-n2c3ccccc3c3c(-c4cccc5c4sc4cc6c(cc45)C4(c5ccccc5-c5ccccc54)c4ccccc4-6)cccc32)cc1. The number of fused-ring (bicyclic) bond motifs is 16. The van der Waals surface area contributed by atoms with E-state index < -0.39 is 0 Å². The highest BCUT2D eigenvalue weighted by molar-refractivity contribution is 7.26. The Morgan fingerprint density at radius 2 is 0.922 bits per heavy atom. The van der Waals surface area contributed by atoms with Gasteiger partial charge >= 0.3 is 0 Å². The van der Waals surface area contributed by atoms with Crippen LogP contribution in [0.25, 0.3) is 81.0 Å². The molecular formula is C49H29NS. The summed E-state index contributed by atoms with van der Waals surface area (Å²) in [4.78, 5) is 0. The molecule has 0 saturated heterocycles. The van der Waals surface area contributed by atoms with Crippen molar-refractivity contribution in [1.82, 2.24) is 4.57 Å². The Balaban J connectivity index is 1.16. The third-order valence-electron chi connectivity index (χ3n) is 11.6. The molecule has 2 aliphatic rings. The Hall–Kier alpha value is -6.22. The second-order valence-corrected chi connectivity index (χ2v) is 15.0. The monoisotopic (exact) mass is 663 g/mol. The van der Waals surface area contributed by atoms with Gasteiger partial charge in [-0.15, -0.1) is 11.3 Å². The van der Waals surface area contributed by atoms with E-state index in [9.17, 15) is 0 Å². The van der Waals surface area contributed by atoms with Crippen molar-refractivity contribution < 1.29 is 0 Å². The molecule has 2 aliphatic carbocycles. The number of rotatable bonds is 2. The summed E-state index contributed by atoms with van der Waals surface area (Å²) in [6.07, 6.45) is 0. The van der Waals surface area contributed by atoms with Gasteiger partial charge in [0.15, 0.2) is 0 Å². The van der Waals surface area contributed by atoms with E-state index in [-0.39, 0.29) is 5.41 Å². The van der Waals surface area contributed by atoms with Gasteiger partial charge < -0.3 is 4.57 Å². The first kappa shape index (κ1) is 27.6. The van der Waals surface area contributed by atoms with Crippen molar-refractivity contribution in [3.63, 3.8) is 0 Å². The highest BCUT2D eigenvalue weighted by Gasteiger charge is 2.51. The smallest absolute Gasteiger partial charge is 0.0725 e. The number of benzene rings is 8. The molecule has 8 aromatic carbocycles. The molecule has 0 aliphatic heterocycles. The molecule has 0 amide bonds. The standard InChI is InChI=1S/C49H29NS/c1-2-14-30(15-3-1)50-44-26-11-7-19-37(44)47-34(20-13-27-45(47)50)35-21-12-22-36-39-28-43-38(29-46(39)51-48(35)36)33-18-6-10-25-42(33)49(43)40-23-8-4-16-31(40)32-17-5-9-24-41(32)49/h1-29H. The molecule has 2 heterocycles. The second-order valence-electron chi connectivity index (χ2n) is 14.0. The number of nitrogens with zero attached hydrogens (tertiary/aromatic N) is 1. The molecule has 0 bridgehead atoms. The molecule has 1 spiro atoms. The van der Waals surface area contributed by atoms with Crippen molar-refractivity contribution in [2.45, 2.75) is 5.41 Å². The van der Waals surface area contributed by atoms with Gasteiger partial charge in [-0.05, 0) is 86.5 Å². The number of hydrogen-bond donors (Lipinski definition) is 0. The Kier molecular flexibility index (Phi) is 5.38. The maximum atomic E-state index is 2.55. The molecule has 2 heteroatoms. The van der Waals surface area contributed by atoms with E-state index in [1.807, 2.05) is 11.3 Å². The van der Waals surface area contributed by atoms with Crippen molar-refractivity contribution in [3.05, 3.63) is 198 Å². The van der Waals surface area contributed by atoms with Crippen LogP contribution in [0.4, 0.5) is 0 Å². The van der Waals surface area contributed by atoms with Crippen molar-refractivity contribution >= 4 is 53.3 Å². The fourth-order valence-corrected chi connectivity index (χ4v) is 10.9. The molecule has 0 atom stereocenters. The van der Waals surface area contributed by atoms with Gasteiger partial charge in [-0.1, -0.05) is 140 Å². The van der Waals surface area contributed by atoms with Crippen LogP contribution in [0.3, 0.4) is 0 Å². The number of hydrogen-bond acceptors (Lipinski definition) is 1. The van der Waals surface area contributed by atoms with Crippen LogP contribution in [-0.4, -0.2) is 4.57 Å². The molecule has 10 aromatic rings. The third-order valence-corrected chi connectivity index (χ3v) is 12.8. The van der Waals surface area contributed by atoms with E-state index in [0.29, 0.717) is 0 Å². The van der Waals surface area contributed by atoms with Gasteiger partial charge in [-0.2, -0.15) is 0 Å². The fourth-order valence-electron chi connectivity index (χ4n) is 9.69. The zero-order valence-electron chi connectivity index (χ0n) is 27.6. The lowest BCUT2D eigenvalue weighted by atomic mass is 9.70. The highest BCUT2D eigenvalue weighted by Crippen LogP contribution is 2.63. The quantitative estimate of drug-likeness (QED) is 0.173. The predicted octanol–water partition coefficient (Wildman–Crippen LogP) is 13.2. The van der Waals surface area contributed by atoms with E-state index in [1.54, 1.807) is 0 Å². The predicted molar refractivity (Wildman–Crippen MR) is 215 cm³/mol. The fraction of sp³-hybridized carbons (Fsp3) is 0.0204. The van der Waals surface area contributed by atoms with Gasteiger partial charge in [-0.25, -0.2) is 0 Å². The van der Waals surface area contributed by atoms with E-state index in [1.165, 1.54) is 103 Å². The number of thiophene rings is 1. The third kappa shape index (κ3) is 3.41. The zero-order chi connectivity index (χ0) is 33.3. The Bertz CT molecular complexity index is 3040. The van der Waals surface area contributed by atoms with Crippen LogP contribution in [0.5, 0.6) is 0 Å². The van der Waals surface area contributed by atoms with Gasteiger partial charge in [0.25, 0.3) is 0 Å². The normalized spacial score (nSPS) is 13.6. The van der Waals surface area contributed by atoms with Crippen LogP contribution in [-0.2, 0) is 5.41 Å². The summed E-state index contributed by atoms with van der Waals surface area (Å²) >= 11 is 1.94. The largest absolute Gasteiger partial charge is 0.309 e. The average molecular weight is 664 g/mol. The number of para-hydroxylation sites is 2. The second kappa shape index (κ2) is 9.94. The van der Waals surface area contributed by atoms with Crippen molar-refractivity contribution in [2.24, 2.45) is 0 Å². The molecule has 51 heavy (non-hydrogen) atoms. The zero-order valence-corrected chi connectivity index (χ0v) is 28.4. The number of aromatic nitrogens is 1. The summed E-state index contributed by atoms with van der Waals surface area (Å²) in [6.45, 7) is 0. The lowest BCUT2D eigenvalue weighted by molar-refractivity contribution is 0.795.